The average molecular weight is 243 g/mol. The van der Waals surface area contributed by atoms with E-state index >= 15 is 0 Å². The van der Waals surface area contributed by atoms with Gasteiger partial charge in [0.1, 0.15) is 0 Å². The fourth-order valence-electron chi connectivity index (χ4n) is 0. The number of halogens is 3. The number of aliphatic hydroxyl groups excluding tert-OH is 2. The van der Waals surface area contributed by atoms with Crippen LogP contribution in [0, 0.1) is 0 Å². The van der Waals surface area contributed by atoms with Crippen LogP contribution in [0.5, 0.6) is 0 Å². The molecule has 0 rings (SSSR count). The van der Waals surface area contributed by atoms with Gasteiger partial charge in [-0.2, -0.15) is 0 Å². The van der Waals surface area contributed by atoms with Crippen LogP contribution in [0.25, 0.3) is 0 Å². The maximum Gasteiger partial charge on any atom is 0.180 e. The zero-order valence-corrected chi connectivity index (χ0v) is 9.87. The molecule has 0 heterocycles. The first-order valence-corrected chi connectivity index (χ1v) is 4.40. The number of hydrogen-bond acceptors (Lipinski definition) is 3. The monoisotopic (exact) mass is 241 g/mol. The Morgan fingerprint density at radius 3 is 1.17 bits per heavy atom. The number of hydrogen-bond donors (Lipinski definition) is 3. The van der Waals surface area contributed by atoms with Crippen LogP contribution in [0.2, 0.25) is 0 Å². The lowest BCUT2D eigenvalue weighted by molar-refractivity contribution is 0.216. The fourth-order valence-corrected chi connectivity index (χ4v) is 0. The highest BCUT2D eigenvalue weighted by molar-refractivity contribution is 6.63. The van der Waals surface area contributed by atoms with E-state index in [1.165, 1.54) is 0 Å². The second-order valence-corrected chi connectivity index (χ2v) is 3.64. The Balaban J connectivity index is -0.0000000389. The molecule has 0 unspecified atom stereocenters. The number of aliphatic hydroxyl groups is 2. The lowest BCUT2D eigenvalue weighted by atomic mass is 10.5. The van der Waals surface area contributed by atoms with Gasteiger partial charge in [-0.05, 0) is 20.8 Å². The second-order valence-electron chi connectivity index (χ2n) is 1.66. The van der Waals surface area contributed by atoms with E-state index in [9.17, 15) is 0 Å². The van der Waals surface area contributed by atoms with Gasteiger partial charge >= 0.3 is 0 Å². The Bertz CT molecular complexity index is 44.5. The topological polar surface area (TPSA) is 75.5 Å². The zero-order valence-electron chi connectivity index (χ0n) is 7.60. The maximum absolute atomic E-state index is 8.06. The molecule has 0 fully saturated rings. The Hall–Kier alpha value is 0.750. The fraction of sp³-hybridized carbons (Fsp3) is 1.00. The summed E-state index contributed by atoms with van der Waals surface area (Å²) < 4.78 is -0.750. The van der Waals surface area contributed by atoms with Crippen molar-refractivity contribution in [1.29, 1.82) is 0 Å². The van der Waals surface area contributed by atoms with Crippen LogP contribution in [0.1, 0.15) is 20.8 Å². The van der Waals surface area contributed by atoms with Crippen LogP contribution in [0.15, 0.2) is 0 Å². The van der Waals surface area contributed by atoms with Crippen molar-refractivity contribution in [3.8, 4) is 0 Å². The van der Waals surface area contributed by atoms with E-state index < -0.39 is 4.30 Å². The summed E-state index contributed by atoms with van der Waals surface area (Å²) in [7, 11) is 0. The molecule has 0 aromatic carbocycles. The Kier molecular flexibility index (Phi) is 43.3. The van der Waals surface area contributed by atoms with Gasteiger partial charge in [0, 0.05) is 12.7 Å². The molecule has 3 nitrogen and oxygen atoms in total. The Labute approximate surface area is 89.2 Å². The normalized spacial score (nSPS) is 7.50. The second kappa shape index (κ2) is 22.6. The molecule has 80 valence electrons. The third-order valence-corrected chi connectivity index (χ3v) is 0. The van der Waals surface area contributed by atoms with Crippen molar-refractivity contribution in [3.63, 3.8) is 0 Å². The van der Waals surface area contributed by atoms with Gasteiger partial charge in [0.2, 0.25) is 0 Å². The molecular formula is C6H18Cl3NO2. The quantitative estimate of drug-likeness (QED) is 0.571. The summed E-state index contributed by atoms with van der Waals surface area (Å²) >= 11 is 14.4. The summed E-state index contributed by atoms with van der Waals surface area (Å²) in [5.74, 6) is 0. The third kappa shape index (κ3) is 1820. The van der Waals surface area contributed by atoms with Crippen molar-refractivity contribution in [2.24, 2.45) is 0 Å². The van der Waals surface area contributed by atoms with Crippen LogP contribution >= 0.6 is 34.8 Å². The summed E-state index contributed by atoms with van der Waals surface area (Å²) in [6.07, 6.45) is -0.167. The summed E-state index contributed by atoms with van der Waals surface area (Å²) in [6.45, 7) is 5.38. The largest absolute Gasteiger partial charge is 0.397 e. The minimum absolute atomic E-state index is 0. The van der Waals surface area contributed by atoms with Gasteiger partial charge in [0.25, 0.3) is 0 Å². The highest BCUT2D eigenvalue weighted by Crippen LogP contribution is 2.03. The summed E-state index contributed by atoms with van der Waals surface area (Å²) in [5.41, 5.74) is 0. The standard InChI is InChI=1S/C3H8O.C2H6O.CHCl3.H3N/c1-3(2)4;1-2-3;2-1(3)4;/h3-4H,1-2H3;3H,2H2,1H3;1H;1H3. The van der Waals surface area contributed by atoms with Crippen molar-refractivity contribution < 1.29 is 10.2 Å². The third-order valence-electron chi connectivity index (χ3n) is 0. The van der Waals surface area contributed by atoms with Crippen molar-refractivity contribution in [1.82, 2.24) is 6.15 Å². The molecular weight excluding hydrogens is 224 g/mol. The molecule has 6 heteroatoms. The predicted molar refractivity (Wildman–Crippen MR) is 56.5 cm³/mol. The smallest absolute Gasteiger partial charge is 0.180 e. The van der Waals surface area contributed by atoms with Crippen LogP contribution in [0.3, 0.4) is 0 Å². The molecule has 0 atom stereocenters. The minimum atomic E-state index is -0.750. The highest BCUT2D eigenvalue weighted by atomic mass is 35.6. The van der Waals surface area contributed by atoms with Crippen molar-refractivity contribution >= 4 is 34.8 Å². The Morgan fingerprint density at radius 1 is 1.17 bits per heavy atom. The van der Waals surface area contributed by atoms with E-state index in [0.29, 0.717) is 0 Å². The van der Waals surface area contributed by atoms with Gasteiger partial charge < -0.3 is 16.4 Å². The predicted octanol–water partition coefficient (Wildman–Crippen LogP) is 2.53. The van der Waals surface area contributed by atoms with E-state index in [4.69, 9.17) is 45.0 Å². The first kappa shape index (κ1) is 23.0. The molecule has 0 radical (unpaired) electrons. The molecule has 5 N–H and O–H groups in total. The summed E-state index contributed by atoms with van der Waals surface area (Å²) in [4.78, 5) is 0. The van der Waals surface area contributed by atoms with Crippen LogP contribution < -0.4 is 6.15 Å². The van der Waals surface area contributed by atoms with E-state index in [1.807, 2.05) is 0 Å². The molecule has 0 saturated heterocycles. The molecule has 0 spiro atoms. The van der Waals surface area contributed by atoms with E-state index in [2.05, 4.69) is 0 Å². The zero-order chi connectivity index (χ0) is 9.86. The van der Waals surface area contributed by atoms with E-state index in [-0.39, 0.29) is 18.9 Å². The molecule has 0 amide bonds. The number of alkyl halides is 3. The Morgan fingerprint density at radius 2 is 1.17 bits per heavy atom. The van der Waals surface area contributed by atoms with E-state index in [0.717, 1.165) is 0 Å². The highest BCUT2D eigenvalue weighted by Gasteiger charge is 1.78. The van der Waals surface area contributed by atoms with Gasteiger partial charge in [0.15, 0.2) is 4.30 Å². The van der Waals surface area contributed by atoms with Crippen molar-refractivity contribution in [2.75, 3.05) is 6.61 Å². The number of rotatable bonds is 0. The van der Waals surface area contributed by atoms with E-state index in [1.54, 1.807) is 20.8 Å². The van der Waals surface area contributed by atoms with Crippen molar-refractivity contribution in [2.45, 2.75) is 31.2 Å². The lowest BCUT2D eigenvalue weighted by Crippen LogP contribution is -1.85. The molecule has 0 aliphatic heterocycles. The molecule has 0 aromatic heterocycles. The average Bonchev–Trinajstić information content (AvgIpc) is 1.60. The van der Waals surface area contributed by atoms with Crippen LogP contribution in [0.4, 0.5) is 0 Å². The molecule has 0 aliphatic rings. The van der Waals surface area contributed by atoms with Gasteiger partial charge in [-0.25, -0.2) is 0 Å². The van der Waals surface area contributed by atoms with Crippen molar-refractivity contribution in [3.05, 3.63) is 0 Å². The molecule has 0 saturated carbocycles. The maximum atomic E-state index is 8.06. The molecule has 0 bridgehead atoms. The SMILES string of the molecule is CC(C)O.CCO.ClC(Cl)Cl.N. The van der Waals surface area contributed by atoms with Gasteiger partial charge in [-0.15, -0.1) is 0 Å². The van der Waals surface area contributed by atoms with Crippen LogP contribution in [-0.2, 0) is 0 Å². The van der Waals surface area contributed by atoms with Crippen LogP contribution in [-0.4, -0.2) is 27.2 Å². The first-order chi connectivity index (χ1) is 4.88. The summed E-state index contributed by atoms with van der Waals surface area (Å²) in [5, 5.41) is 15.6. The van der Waals surface area contributed by atoms with Gasteiger partial charge in [0.05, 0.1) is 0 Å². The van der Waals surface area contributed by atoms with Gasteiger partial charge in [-0.3, -0.25) is 0 Å². The minimum Gasteiger partial charge on any atom is -0.397 e. The lowest BCUT2D eigenvalue weighted by Gasteiger charge is -1.80. The molecule has 0 aromatic rings. The molecule has 12 heavy (non-hydrogen) atoms. The summed E-state index contributed by atoms with van der Waals surface area (Å²) in [6, 6.07) is 0. The first-order valence-electron chi connectivity index (χ1n) is 3.09. The molecule has 0 aliphatic carbocycles. The van der Waals surface area contributed by atoms with Gasteiger partial charge in [-0.1, -0.05) is 34.8 Å².